The zero-order valence-electron chi connectivity index (χ0n) is 55.4. The topological polar surface area (TPSA) is 271 Å². The van der Waals surface area contributed by atoms with Crippen LogP contribution in [0.4, 0.5) is 40.7 Å². The minimum absolute atomic E-state index is 0.0417. The van der Waals surface area contributed by atoms with Crippen LogP contribution in [-0.2, 0) is 42.8 Å². The number of allylic oxidation sites excluding steroid dienone is 3. The van der Waals surface area contributed by atoms with E-state index in [0.717, 1.165) is 18.2 Å². The summed E-state index contributed by atoms with van der Waals surface area (Å²) in [6.45, 7) is 15.4. The van der Waals surface area contributed by atoms with E-state index < -0.39 is 124 Å². The molecule has 0 saturated carbocycles. The second kappa shape index (κ2) is 34.4. The largest absolute Gasteiger partial charge is 0.469 e. The molecular weight excluding hydrogens is 1340 g/mol. The molecule has 0 spiro atoms. The van der Waals surface area contributed by atoms with Crippen molar-refractivity contribution in [2.75, 3.05) is 21.3 Å². The Hall–Kier alpha value is -9.60. The highest BCUT2D eigenvalue weighted by Gasteiger charge is 2.39. The summed E-state index contributed by atoms with van der Waals surface area (Å²) in [5.41, 5.74) is 0.622. The molecule has 0 aliphatic heterocycles. The third kappa shape index (κ3) is 22.0. The Morgan fingerprint density at radius 1 is 0.588 bits per heavy atom. The summed E-state index contributed by atoms with van der Waals surface area (Å²) < 4.78 is 117. The van der Waals surface area contributed by atoms with Crippen molar-refractivity contribution in [3.63, 3.8) is 0 Å². The third-order valence-electron chi connectivity index (χ3n) is 14.5. The first kappa shape index (κ1) is 76.4. The Labute approximate surface area is 565 Å². The number of rotatable bonds is 15. The van der Waals surface area contributed by atoms with Gasteiger partial charge in [0.1, 0.15) is 21.4 Å². The minimum Gasteiger partial charge on any atom is -0.469 e. The fraction of sp³-hybridized carbons (Fsp3) is 0.391. The molecule has 21 nitrogen and oxygen atoms in total. The Bertz CT molecular complexity index is 3900. The van der Waals surface area contributed by atoms with Crippen molar-refractivity contribution in [3.8, 4) is 0 Å². The van der Waals surface area contributed by atoms with Crippen molar-refractivity contribution in [1.29, 1.82) is 0 Å². The Kier molecular flexibility index (Phi) is 27.1. The van der Waals surface area contributed by atoms with Gasteiger partial charge in [-0.1, -0.05) is 48.6 Å². The molecule has 97 heavy (non-hydrogen) atoms. The van der Waals surface area contributed by atoms with Crippen LogP contribution in [0.1, 0.15) is 182 Å². The van der Waals surface area contributed by atoms with Gasteiger partial charge in [0.15, 0.2) is 34.9 Å². The highest BCUT2D eigenvalue weighted by Crippen LogP contribution is 2.45. The van der Waals surface area contributed by atoms with Gasteiger partial charge in [0, 0.05) is 67.1 Å². The molecule has 2 aliphatic rings. The average Bonchev–Trinajstić information content (AvgIpc) is 1.74. The lowest BCUT2D eigenvalue weighted by atomic mass is 9.85. The number of nitrogens with one attached hydrogen (secondary N) is 3. The predicted molar refractivity (Wildman–Crippen MR) is 346 cm³/mol. The van der Waals surface area contributed by atoms with Gasteiger partial charge in [0.2, 0.25) is 0 Å². The SMILES string of the molecule is COC(=O)/C=C/CC[C@@H](c1cccc(F)c1F)[C@H](NC(=O)OC(C)(C)C)c1nccnc1Br.COC(=O)/C=C1\CC[C@@H](c2cccc(F)c2F)[C@H](NC(=O)OC(C)(C)C)c2nccnc21.COC(=O)CC1=CC[C@@H](c2cccc(F)c2F)[C@H](NC(=O)OC(C)(C)C)c2nccnc21. The first-order valence-corrected chi connectivity index (χ1v) is 31.2. The molecule has 6 atom stereocenters. The first-order chi connectivity index (χ1) is 45.7. The van der Waals surface area contributed by atoms with E-state index in [9.17, 15) is 55.1 Å². The molecule has 3 aromatic heterocycles. The molecule has 0 fully saturated rings. The smallest absolute Gasteiger partial charge is 0.408 e. The van der Waals surface area contributed by atoms with E-state index in [1.165, 1.54) is 107 Å². The summed E-state index contributed by atoms with van der Waals surface area (Å²) in [6, 6.07) is 8.95. The maximum Gasteiger partial charge on any atom is 0.408 e. The molecule has 28 heteroatoms. The molecule has 8 rings (SSSR count). The van der Waals surface area contributed by atoms with Gasteiger partial charge in [-0.15, -0.1) is 0 Å². The van der Waals surface area contributed by atoms with E-state index in [2.05, 4.69) is 66.5 Å². The number of ether oxygens (including phenoxy) is 6. The minimum atomic E-state index is -1.03. The number of alkyl carbamates (subject to hydrolysis) is 3. The van der Waals surface area contributed by atoms with Crippen molar-refractivity contribution < 1.29 is 83.5 Å². The summed E-state index contributed by atoms with van der Waals surface area (Å²) in [5, 5.41) is 8.25. The summed E-state index contributed by atoms with van der Waals surface area (Å²) in [7, 11) is 3.78. The lowest BCUT2D eigenvalue weighted by Gasteiger charge is -2.30. The lowest BCUT2D eigenvalue weighted by Crippen LogP contribution is -2.38. The number of hydrogen-bond donors (Lipinski definition) is 3. The molecule has 6 aromatic rings. The van der Waals surface area contributed by atoms with Crippen LogP contribution in [0, 0.1) is 34.9 Å². The molecule has 0 saturated heterocycles. The Balaban J connectivity index is 0.000000230. The monoisotopic (exact) mass is 1420 g/mol. The number of benzene rings is 3. The van der Waals surface area contributed by atoms with Gasteiger partial charge in [-0.05, 0) is 156 Å². The molecule has 3 N–H and O–H groups in total. The number of halogens is 7. The highest BCUT2D eigenvalue weighted by atomic mass is 79.9. The van der Waals surface area contributed by atoms with Crippen LogP contribution in [0.15, 0.2) is 121 Å². The van der Waals surface area contributed by atoms with Crippen LogP contribution in [0.2, 0.25) is 0 Å². The normalized spacial score (nSPS) is 17.0. The number of amides is 3. The van der Waals surface area contributed by atoms with E-state index >= 15 is 0 Å². The molecule has 3 amide bonds. The number of carbonyl (C=O) groups is 6. The standard InChI is InChI=1S/C23H26BrF2N3O4.2C23H25F2N3O4/c1-23(2,3)33-22(31)29-19(20-21(24)28-13-12-27-20)15(8-5-6-11-17(30)32-4)14-9-7-10-16(25)18(14)26;2*1-23(2,3)32-22(30)28-20-15(14-6-5-7-16(24)18(14)25)9-8-13(12-17(29)31-4)19-21(20)27-11-10-26-19/h6-7,9-13,15,19H,5,8H2,1-4H3,(H,29,31);5-7,10-12,15,20H,8-9H2,1-4H3,(H,28,30);5-8,10-11,15,20H,9,12H2,1-4H3,(H,28,30)/b11-6+;13-12+;/t15-,19-;2*15-,20-/m000/s1. The molecule has 0 radical (unpaired) electrons. The quantitative estimate of drug-likeness (QED) is 0.0283. The van der Waals surface area contributed by atoms with E-state index in [-0.39, 0.29) is 42.4 Å². The van der Waals surface area contributed by atoms with Crippen LogP contribution < -0.4 is 16.0 Å². The third-order valence-corrected chi connectivity index (χ3v) is 15.1. The number of hydrogen-bond acceptors (Lipinski definition) is 18. The zero-order valence-corrected chi connectivity index (χ0v) is 57.0. The Morgan fingerprint density at radius 2 is 1.07 bits per heavy atom. The average molecular weight is 1420 g/mol. The van der Waals surface area contributed by atoms with Gasteiger partial charge in [-0.3, -0.25) is 29.7 Å². The molecule has 518 valence electrons. The van der Waals surface area contributed by atoms with Crippen molar-refractivity contribution in [3.05, 3.63) is 201 Å². The molecule has 3 heterocycles. The molecule has 0 unspecified atom stereocenters. The van der Waals surface area contributed by atoms with E-state index in [1.807, 2.05) is 0 Å². The summed E-state index contributed by atoms with van der Waals surface area (Å²) in [4.78, 5) is 99.1. The first-order valence-electron chi connectivity index (χ1n) is 30.4. The van der Waals surface area contributed by atoms with Crippen LogP contribution >= 0.6 is 15.9 Å². The van der Waals surface area contributed by atoms with E-state index in [4.69, 9.17) is 23.7 Å². The lowest BCUT2D eigenvalue weighted by molar-refractivity contribution is -0.139. The Morgan fingerprint density at radius 3 is 1.62 bits per heavy atom. The van der Waals surface area contributed by atoms with Crippen LogP contribution in [0.25, 0.3) is 11.1 Å². The van der Waals surface area contributed by atoms with Gasteiger partial charge >= 0.3 is 36.2 Å². The number of carbonyl (C=O) groups excluding carboxylic acids is 6. The molecule has 2 aliphatic carbocycles. The second-order valence-electron chi connectivity index (χ2n) is 24.9. The molecular formula is C69H76BrF6N9O12. The fourth-order valence-corrected chi connectivity index (χ4v) is 10.9. The number of nitrogens with zero attached hydrogens (tertiary/aromatic N) is 6. The van der Waals surface area contributed by atoms with Gasteiger partial charge < -0.3 is 44.4 Å². The predicted octanol–water partition coefficient (Wildman–Crippen LogP) is 14.3. The van der Waals surface area contributed by atoms with E-state index in [1.54, 1.807) is 74.5 Å². The van der Waals surface area contributed by atoms with Crippen molar-refractivity contribution in [2.45, 2.75) is 154 Å². The maximum absolute atomic E-state index is 14.9. The van der Waals surface area contributed by atoms with Gasteiger partial charge in [0.25, 0.3) is 0 Å². The van der Waals surface area contributed by atoms with Crippen LogP contribution in [0.5, 0.6) is 0 Å². The maximum atomic E-state index is 14.9. The highest BCUT2D eigenvalue weighted by molar-refractivity contribution is 9.10. The van der Waals surface area contributed by atoms with Gasteiger partial charge in [0.05, 0.1) is 74.3 Å². The molecule has 3 aromatic carbocycles. The number of fused-ring (bicyclic) bond motifs is 2. The van der Waals surface area contributed by atoms with E-state index in [0.29, 0.717) is 57.1 Å². The van der Waals surface area contributed by atoms with Crippen LogP contribution in [0.3, 0.4) is 0 Å². The van der Waals surface area contributed by atoms with Crippen molar-refractivity contribution in [2.24, 2.45) is 0 Å². The molecule has 0 bridgehead atoms. The second-order valence-corrected chi connectivity index (χ2v) is 25.6. The van der Waals surface area contributed by atoms with Gasteiger partial charge in [-0.25, -0.2) is 55.3 Å². The number of aromatic nitrogens is 6. The zero-order chi connectivity index (χ0) is 71.5. The number of esters is 3. The van der Waals surface area contributed by atoms with Crippen molar-refractivity contribution in [1.82, 2.24) is 45.9 Å². The van der Waals surface area contributed by atoms with Gasteiger partial charge in [-0.2, -0.15) is 0 Å². The van der Waals surface area contributed by atoms with Crippen molar-refractivity contribution >= 4 is 63.3 Å². The summed E-state index contributed by atoms with van der Waals surface area (Å²) >= 11 is 3.32. The summed E-state index contributed by atoms with van der Waals surface area (Å²) in [5.74, 6) is -9.86. The summed E-state index contributed by atoms with van der Waals surface area (Å²) in [6.07, 6.45) is 13.5. The fourth-order valence-electron chi connectivity index (χ4n) is 10.5. The number of methoxy groups -OCH3 is 3. The van der Waals surface area contributed by atoms with Crippen LogP contribution in [-0.4, -0.2) is 104 Å².